The van der Waals surface area contributed by atoms with Gasteiger partial charge in [-0.05, 0) is 37.9 Å². The van der Waals surface area contributed by atoms with Crippen molar-refractivity contribution in [3.63, 3.8) is 0 Å². The summed E-state index contributed by atoms with van der Waals surface area (Å²) >= 11 is 0. The zero-order chi connectivity index (χ0) is 17.1. The minimum atomic E-state index is -0.0787. The van der Waals surface area contributed by atoms with E-state index in [2.05, 4.69) is 23.9 Å². The van der Waals surface area contributed by atoms with E-state index in [0.717, 1.165) is 39.0 Å². The molecular weight excluding hydrogens is 304 g/mol. The van der Waals surface area contributed by atoms with E-state index >= 15 is 0 Å². The van der Waals surface area contributed by atoms with Crippen LogP contribution in [0.15, 0.2) is 18.3 Å². The number of hydrogen-bond acceptors (Lipinski definition) is 4. The zero-order valence-corrected chi connectivity index (χ0v) is 14.6. The van der Waals surface area contributed by atoms with Crippen LogP contribution in [0.2, 0.25) is 0 Å². The van der Waals surface area contributed by atoms with Gasteiger partial charge in [-0.15, -0.1) is 0 Å². The highest BCUT2D eigenvalue weighted by Gasteiger charge is 2.24. The number of hydrogen-bond donors (Lipinski definition) is 0. The molecule has 2 aliphatic heterocycles. The molecule has 0 saturated carbocycles. The van der Waals surface area contributed by atoms with Gasteiger partial charge in [0, 0.05) is 51.0 Å². The second-order valence-corrected chi connectivity index (χ2v) is 7.00. The second-order valence-electron chi connectivity index (χ2n) is 7.00. The molecule has 2 saturated heterocycles. The third kappa shape index (κ3) is 3.75. The Morgan fingerprint density at radius 1 is 1.00 bits per heavy atom. The zero-order valence-electron chi connectivity index (χ0n) is 14.6. The summed E-state index contributed by atoms with van der Waals surface area (Å²) in [4.78, 5) is 35.4. The number of piperazine rings is 1. The third-order valence-electron chi connectivity index (χ3n) is 5.09. The lowest BCUT2D eigenvalue weighted by atomic mass is 9.98. The molecule has 130 valence electrons. The molecule has 2 aliphatic rings. The van der Waals surface area contributed by atoms with Gasteiger partial charge in [-0.1, -0.05) is 6.92 Å². The Balaban J connectivity index is 1.69. The minimum Gasteiger partial charge on any atom is -0.339 e. The molecule has 3 rings (SSSR count). The van der Waals surface area contributed by atoms with Crippen molar-refractivity contribution in [3.05, 3.63) is 29.6 Å². The standard InChI is InChI=1S/C18H26N4O2/c1-14-4-7-21(8-5-14)17(23)15-3-6-19-16(13-15)18(24)22-11-9-20(2)10-12-22/h3,6,13-14H,4-5,7-12H2,1-2H3. The fraction of sp³-hybridized carbons (Fsp3) is 0.611. The summed E-state index contributed by atoms with van der Waals surface area (Å²) in [5, 5.41) is 0. The Kier molecular flexibility index (Phi) is 5.14. The van der Waals surface area contributed by atoms with Gasteiger partial charge in [-0.2, -0.15) is 0 Å². The highest BCUT2D eigenvalue weighted by Crippen LogP contribution is 2.18. The van der Waals surface area contributed by atoms with Crippen LogP contribution in [0, 0.1) is 5.92 Å². The topological polar surface area (TPSA) is 56.8 Å². The molecule has 3 heterocycles. The number of carbonyl (C=O) groups excluding carboxylic acids is 2. The molecule has 0 spiro atoms. The van der Waals surface area contributed by atoms with Gasteiger partial charge in [0.1, 0.15) is 5.69 Å². The van der Waals surface area contributed by atoms with Crippen LogP contribution in [0.1, 0.15) is 40.6 Å². The third-order valence-corrected chi connectivity index (χ3v) is 5.09. The lowest BCUT2D eigenvalue weighted by Crippen LogP contribution is -2.47. The van der Waals surface area contributed by atoms with Crippen LogP contribution in [0.3, 0.4) is 0 Å². The van der Waals surface area contributed by atoms with E-state index in [0.29, 0.717) is 30.3 Å². The van der Waals surface area contributed by atoms with Crippen molar-refractivity contribution >= 4 is 11.8 Å². The molecule has 0 N–H and O–H groups in total. The van der Waals surface area contributed by atoms with Crippen molar-refractivity contribution in [2.75, 3.05) is 46.3 Å². The van der Waals surface area contributed by atoms with E-state index in [9.17, 15) is 9.59 Å². The highest BCUT2D eigenvalue weighted by atomic mass is 16.2. The first-order valence-corrected chi connectivity index (χ1v) is 8.78. The summed E-state index contributed by atoms with van der Waals surface area (Å²) < 4.78 is 0. The Morgan fingerprint density at radius 2 is 1.62 bits per heavy atom. The number of likely N-dealkylation sites (N-methyl/N-ethyl adjacent to an activating group) is 1. The quantitative estimate of drug-likeness (QED) is 0.821. The molecule has 0 aromatic carbocycles. The maximum Gasteiger partial charge on any atom is 0.272 e. The highest BCUT2D eigenvalue weighted by molar-refractivity contribution is 5.98. The predicted octanol–water partition coefficient (Wildman–Crippen LogP) is 1.34. The lowest BCUT2D eigenvalue weighted by molar-refractivity contribution is 0.0658. The molecule has 2 amide bonds. The summed E-state index contributed by atoms with van der Waals surface area (Å²) in [6, 6.07) is 3.36. The number of amides is 2. The number of pyridine rings is 1. The minimum absolute atomic E-state index is 0.0109. The van der Waals surface area contributed by atoms with Crippen LogP contribution >= 0.6 is 0 Å². The first-order chi connectivity index (χ1) is 11.5. The average Bonchev–Trinajstić information content (AvgIpc) is 2.62. The van der Waals surface area contributed by atoms with Gasteiger partial charge >= 0.3 is 0 Å². The van der Waals surface area contributed by atoms with Gasteiger partial charge < -0.3 is 14.7 Å². The van der Waals surface area contributed by atoms with Crippen molar-refractivity contribution < 1.29 is 9.59 Å². The fourth-order valence-corrected chi connectivity index (χ4v) is 3.25. The van der Waals surface area contributed by atoms with Gasteiger partial charge in [0.2, 0.25) is 0 Å². The van der Waals surface area contributed by atoms with E-state index in [1.54, 1.807) is 18.3 Å². The number of carbonyl (C=O) groups is 2. The molecule has 0 aliphatic carbocycles. The number of rotatable bonds is 2. The van der Waals surface area contributed by atoms with Gasteiger partial charge in [-0.3, -0.25) is 14.6 Å². The lowest BCUT2D eigenvalue weighted by Gasteiger charge is -2.32. The average molecular weight is 330 g/mol. The Morgan fingerprint density at radius 3 is 2.29 bits per heavy atom. The van der Waals surface area contributed by atoms with Crippen LogP contribution < -0.4 is 0 Å². The number of likely N-dealkylation sites (tertiary alicyclic amines) is 1. The summed E-state index contributed by atoms with van der Waals surface area (Å²) in [7, 11) is 2.05. The number of piperidine rings is 1. The van der Waals surface area contributed by atoms with Gasteiger partial charge in [-0.25, -0.2) is 0 Å². The molecule has 2 fully saturated rings. The molecule has 1 aromatic rings. The monoisotopic (exact) mass is 330 g/mol. The van der Waals surface area contributed by atoms with Crippen LogP contribution in [-0.4, -0.2) is 77.8 Å². The molecule has 0 atom stereocenters. The van der Waals surface area contributed by atoms with Crippen molar-refractivity contribution in [2.45, 2.75) is 19.8 Å². The first-order valence-electron chi connectivity index (χ1n) is 8.78. The summed E-state index contributed by atoms with van der Waals surface area (Å²) in [6.07, 6.45) is 3.66. The first kappa shape index (κ1) is 16.9. The summed E-state index contributed by atoms with van der Waals surface area (Å²) in [5.74, 6) is 0.614. The second kappa shape index (κ2) is 7.30. The maximum atomic E-state index is 12.7. The van der Waals surface area contributed by atoms with Crippen LogP contribution in [0.25, 0.3) is 0 Å². The van der Waals surface area contributed by atoms with E-state index in [4.69, 9.17) is 0 Å². The van der Waals surface area contributed by atoms with Crippen molar-refractivity contribution in [1.29, 1.82) is 0 Å². The Bertz CT molecular complexity index is 554. The van der Waals surface area contributed by atoms with Crippen LogP contribution in [0.4, 0.5) is 0 Å². The summed E-state index contributed by atoms with van der Waals surface area (Å²) in [6.45, 7) is 6.97. The molecule has 6 nitrogen and oxygen atoms in total. The number of aromatic nitrogens is 1. The SMILES string of the molecule is CC1CCN(C(=O)c2ccnc(C(=O)N3CCN(C)CC3)c2)CC1. The van der Waals surface area contributed by atoms with E-state index in [1.807, 2.05) is 9.80 Å². The van der Waals surface area contributed by atoms with E-state index in [1.165, 1.54) is 0 Å². The number of nitrogens with zero attached hydrogens (tertiary/aromatic N) is 4. The Hall–Kier alpha value is -1.95. The molecule has 24 heavy (non-hydrogen) atoms. The molecular formula is C18H26N4O2. The van der Waals surface area contributed by atoms with E-state index < -0.39 is 0 Å². The van der Waals surface area contributed by atoms with Crippen LogP contribution in [0.5, 0.6) is 0 Å². The Labute approximate surface area is 143 Å². The van der Waals surface area contributed by atoms with Gasteiger partial charge in [0.15, 0.2) is 0 Å². The summed E-state index contributed by atoms with van der Waals surface area (Å²) in [5.41, 5.74) is 0.938. The van der Waals surface area contributed by atoms with Gasteiger partial charge in [0.05, 0.1) is 0 Å². The van der Waals surface area contributed by atoms with Crippen molar-refractivity contribution in [1.82, 2.24) is 19.7 Å². The van der Waals surface area contributed by atoms with Crippen molar-refractivity contribution in [2.24, 2.45) is 5.92 Å². The van der Waals surface area contributed by atoms with E-state index in [-0.39, 0.29) is 11.8 Å². The smallest absolute Gasteiger partial charge is 0.272 e. The molecule has 0 radical (unpaired) electrons. The molecule has 0 unspecified atom stereocenters. The maximum absolute atomic E-state index is 12.7. The molecule has 1 aromatic heterocycles. The predicted molar refractivity (Wildman–Crippen MR) is 91.9 cm³/mol. The largest absolute Gasteiger partial charge is 0.339 e. The van der Waals surface area contributed by atoms with Gasteiger partial charge in [0.25, 0.3) is 11.8 Å². The molecule has 0 bridgehead atoms. The normalized spacial score (nSPS) is 20.2. The van der Waals surface area contributed by atoms with Crippen molar-refractivity contribution in [3.8, 4) is 0 Å². The fourth-order valence-electron chi connectivity index (χ4n) is 3.25. The van der Waals surface area contributed by atoms with Crippen LogP contribution in [-0.2, 0) is 0 Å². The molecule has 6 heteroatoms.